The molecule has 9 aromatic carbocycles. The van der Waals surface area contributed by atoms with Crippen molar-refractivity contribution in [1.82, 2.24) is 9.97 Å². The quantitative estimate of drug-likeness (QED) is 0.169. The Morgan fingerprint density at radius 1 is 0.322 bits per heavy atom. The zero-order valence-corrected chi connectivity index (χ0v) is 33.0. The van der Waals surface area contributed by atoms with Crippen LogP contribution in [0.4, 0.5) is 0 Å². The van der Waals surface area contributed by atoms with E-state index in [1.807, 2.05) is 0 Å². The van der Waals surface area contributed by atoms with E-state index in [1.165, 1.54) is 71.8 Å². The molecule has 11 rings (SSSR count). The summed E-state index contributed by atoms with van der Waals surface area (Å²) in [6.07, 6.45) is 0. The molecule has 2 heteroatoms. The number of fused-ring (bicyclic) bond motifs is 5. The monoisotopic (exact) mass is 752 g/mol. The zero-order valence-electron chi connectivity index (χ0n) is 33.0. The number of aromatic nitrogens is 2. The summed E-state index contributed by atoms with van der Waals surface area (Å²) in [6, 6.07) is 74.2. The van der Waals surface area contributed by atoms with Crippen molar-refractivity contribution in [2.75, 3.05) is 0 Å². The fourth-order valence-electron chi connectivity index (χ4n) is 9.31. The standard InChI is InChI=1S/C57H40N2/c1-57(2)52-35-44-19-10-9-18-43(44)34-51(52)49-23-13-22-48(55(49)57)47-32-33-50(46-21-12-11-20-45(46)47)56-58-53(41-28-24-39(25-29-41)37-14-5-3-6-15-37)36-54(59-56)42-30-26-40(27-31-42)38-16-7-4-8-17-38/h3-36H,1-2H3. The smallest absolute Gasteiger partial charge is 0.161 e. The van der Waals surface area contributed by atoms with E-state index >= 15 is 0 Å². The van der Waals surface area contributed by atoms with Gasteiger partial charge in [0, 0.05) is 22.1 Å². The van der Waals surface area contributed by atoms with Crippen molar-refractivity contribution in [3.05, 3.63) is 217 Å². The summed E-state index contributed by atoms with van der Waals surface area (Å²) in [5.41, 5.74) is 17.3. The van der Waals surface area contributed by atoms with E-state index < -0.39 is 0 Å². The van der Waals surface area contributed by atoms with Crippen molar-refractivity contribution in [1.29, 1.82) is 0 Å². The van der Waals surface area contributed by atoms with Crippen LogP contribution >= 0.6 is 0 Å². The van der Waals surface area contributed by atoms with Gasteiger partial charge in [0.2, 0.25) is 0 Å². The number of hydrogen-bond acceptors (Lipinski definition) is 2. The van der Waals surface area contributed by atoms with Crippen molar-refractivity contribution in [2.45, 2.75) is 19.3 Å². The van der Waals surface area contributed by atoms with Gasteiger partial charge < -0.3 is 0 Å². The van der Waals surface area contributed by atoms with Crippen LogP contribution in [0.5, 0.6) is 0 Å². The molecule has 0 amide bonds. The van der Waals surface area contributed by atoms with Crippen molar-refractivity contribution in [3.8, 4) is 78.4 Å². The van der Waals surface area contributed by atoms with Crippen LogP contribution in [0.25, 0.3) is 100.0 Å². The van der Waals surface area contributed by atoms with Crippen LogP contribution in [0.1, 0.15) is 25.0 Å². The van der Waals surface area contributed by atoms with Crippen molar-refractivity contribution >= 4 is 21.5 Å². The van der Waals surface area contributed by atoms with Gasteiger partial charge in [-0.15, -0.1) is 0 Å². The topological polar surface area (TPSA) is 25.8 Å². The van der Waals surface area contributed by atoms with Gasteiger partial charge in [-0.3, -0.25) is 0 Å². The molecule has 0 unspecified atom stereocenters. The Morgan fingerprint density at radius 3 is 1.34 bits per heavy atom. The summed E-state index contributed by atoms with van der Waals surface area (Å²) in [7, 11) is 0. The number of benzene rings is 9. The van der Waals surface area contributed by atoms with E-state index in [-0.39, 0.29) is 5.41 Å². The molecular formula is C57H40N2. The van der Waals surface area contributed by atoms with Crippen LogP contribution in [-0.4, -0.2) is 9.97 Å². The maximum Gasteiger partial charge on any atom is 0.161 e. The SMILES string of the molecule is CC1(C)c2cc3ccccc3cc2-c2cccc(-c3ccc(-c4nc(-c5ccc(-c6ccccc6)cc5)cc(-c5ccc(-c6ccccc6)cc5)n4)c4ccccc34)c21. The van der Waals surface area contributed by atoms with Gasteiger partial charge in [0.05, 0.1) is 11.4 Å². The van der Waals surface area contributed by atoms with Crippen molar-refractivity contribution < 1.29 is 0 Å². The Labute approximate surface area is 345 Å². The summed E-state index contributed by atoms with van der Waals surface area (Å²) in [5, 5.41) is 4.87. The van der Waals surface area contributed by atoms with E-state index in [4.69, 9.17) is 9.97 Å². The largest absolute Gasteiger partial charge is 0.228 e. The molecule has 0 radical (unpaired) electrons. The number of nitrogens with zero attached hydrogens (tertiary/aromatic N) is 2. The minimum absolute atomic E-state index is 0.177. The van der Waals surface area contributed by atoms with Crippen molar-refractivity contribution in [2.24, 2.45) is 0 Å². The van der Waals surface area contributed by atoms with Gasteiger partial charge in [-0.2, -0.15) is 0 Å². The van der Waals surface area contributed by atoms with E-state index in [2.05, 4.69) is 220 Å². The first-order valence-electron chi connectivity index (χ1n) is 20.4. The molecule has 1 aromatic heterocycles. The Balaban J connectivity index is 1.06. The molecule has 0 aliphatic heterocycles. The maximum atomic E-state index is 5.34. The highest BCUT2D eigenvalue weighted by Crippen LogP contribution is 2.54. The van der Waals surface area contributed by atoms with Crippen LogP contribution in [-0.2, 0) is 5.41 Å². The lowest BCUT2D eigenvalue weighted by atomic mass is 9.78. The molecule has 0 bridgehead atoms. The summed E-state index contributed by atoms with van der Waals surface area (Å²) in [4.78, 5) is 10.7. The highest BCUT2D eigenvalue weighted by Gasteiger charge is 2.38. The molecule has 2 nitrogen and oxygen atoms in total. The normalized spacial score (nSPS) is 12.7. The van der Waals surface area contributed by atoms with Crippen LogP contribution in [0.3, 0.4) is 0 Å². The second-order valence-electron chi connectivity index (χ2n) is 16.2. The third-order valence-electron chi connectivity index (χ3n) is 12.3. The molecule has 0 N–H and O–H groups in total. The van der Waals surface area contributed by atoms with Crippen LogP contribution in [0.2, 0.25) is 0 Å². The molecule has 0 atom stereocenters. The Kier molecular flexibility index (Phi) is 8.20. The fraction of sp³-hybridized carbons (Fsp3) is 0.0526. The molecule has 0 saturated heterocycles. The average molecular weight is 753 g/mol. The fourth-order valence-corrected chi connectivity index (χ4v) is 9.31. The number of hydrogen-bond donors (Lipinski definition) is 0. The van der Waals surface area contributed by atoms with E-state index in [9.17, 15) is 0 Å². The van der Waals surface area contributed by atoms with Gasteiger partial charge in [0.1, 0.15) is 0 Å². The molecule has 0 fully saturated rings. The van der Waals surface area contributed by atoms with Gasteiger partial charge in [-0.1, -0.05) is 196 Å². The molecule has 1 aliphatic carbocycles. The highest BCUT2D eigenvalue weighted by molar-refractivity contribution is 6.06. The Bertz CT molecular complexity index is 3100. The third kappa shape index (κ3) is 5.96. The predicted octanol–water partition coefficient (Wildman–Crippen LogP) is 15.1. The van der Waals surface area contributed by atoms with Crippen LogP contribution < -0.4 is 0 Å². The van der Waals surface area contributed by atoms with E-state index in [0.29, 0.717) is 5.82 Å². The second kappa shape index (κ2) is 13.9. The molecule has 59 heavy (non-hydrogen) atoms. The zero-order chi connectivity index (χ0) is 39.5. The van der Waals surface area contributed by atoms with Gasteiger partial charge in [-0.25, -0.2) is 9.97 Å². The summed E-state index contributed by atoms with van der Waals surface area (Å²) >= 11 is 0. The molecule has 0 spiro atoms. The predicted molar refractivity (Wildman–Crippen MR) is 247 cm³/mol. The summed E-state index contributed by atoms with van der Waals surface area (Å²) < 4.78 is 0. The third-order valence-corrected chi connectivity index (χ3v) is 12.3. The van der Waals surface area contributed by atoms with Crippen LogP contribution in [0, 0.1) is 0 Å². The summed E-state index contributed by atoms with van der Waals surface area (Å²) in [5.74, 6) is 0.706. The Morgan fingerprint density at radius 2 is 0.763 bits per heavy atom. The molecule has 278 valence electrons. The minimum atomic E-state index is -0.177. The Hall–Kier alpha value is -7.42. The first-order valence-corrected chi connectivity index (χ1v) is 20.4. The molecule has 1 aliphatic rings. The minimum Gasteiger partial charge on any atom is -0.228 e. The highest BCUT2D eigenvalue weighted by atomic mass is 14.9. The van der Waals surface area contributed by atoms with E-state index in [0.717, 1.165) is 33.5 Å². The maximum absolute atomic E-state index is 5.34. The van der Waals surface area contributed by atoms with Gasteiger partial charge in [-0.05, 0) is 101 Å². The van der Waals surface area contributed by atoms with Gasteiger partial charge in [0.25, 0.3) is 0 Å². The first kappa shape index (κ1) is 34.8. The van der Waals surface area contributed by atoms with Gasteiger partial charge in [0.15, 0.2) is 5.82 Å². The lowest BCUT2D eigenvalue weighted by molar-refractivity contribution is 0.663. The van der Waals surface area contributed by atoms with Crippen molar-refractivity contribution in [3.63, 3.8) is 0 Å². The number of rotatable bonds is 6. The molecule has 0 saturated carbocycles. The summed E-state index contributed by atoms with van der Waals surface area (Å²) in [6.45, 7) is 4.76. The van der Waals surface area contributed by atoms with Gasteiger partial charge >= 0.3 is 0 Å². The van der Waals surface area contributed by atoms with Crippen LogP contribution in [0.15, 0.2) is 206 Å². The molecule has 10 aromatic rings. The lowest BCUT2D eigenvalue weighted by Gasteiger charge is -2.25. The van der Waals surface area contributed by atoms with E-state index in [1.54, 1.807) is 0 Å². The molecular weight excluding hydrogens is 713 g/mol. The second-order valence-corrected chi connectivity index (χ2v) is 16.2. The first-order chi connectivity index (χ1) is 29.0. The molecule has 1 heterocycles. The lowest BCUT2D eigenvalue weighted by Crippen LogP contribution is -2.16. The average Bonchev–Trinajstić information content (AvgIpc) is 3.53.